The van der Waals surface area contributed by atoms with Crippen molar-refractivity contribution in [3.63, 3.8) is 0 Å². The molecular weight excluding hydrogens is 405 g/mol. The average Bonchev–Trinajstić information content (AvgIpc) is 2.67. The zero-order chi connectivity index (χ0) is 21.1. The zero-order valence-electron chi connectivity index (χ0n) is 15.7. The Morgan fingerprint density at radius 1 is 1.10 bits per heavy atom. The molecule has 2 aromatic carbocycles. The highest BCUT2D eigenvalue weighted by Gasteiger charge is 2.17. The molecule has 0 amide bonds. The first kappa shape index (κ1) is 20.9. The van der Waals surface area contributed by atoms with Crippen LogP contribution < -0.4 is 10.9 Å². The molecule has 1 atom stereocenters. The summed E-state index contributed by atoms with van der Waals surface area (Å²) in [6.07, 6.45) is 1.30. The van der Waals surface area contributed by atoms with Crippen LogP contribution in [0.4, 0.5) is 18.9 Å². The predicted octanol–water partition coefficient (Wildman–Crippen LogP) is 4.02. The molecule has 0 spiro atoms. The molecule has 9 heteroatoms. The monoisotopic (exact) mass is 422 g/mol. The number of hydrogen-bond donors (Lipinski definition) is 1. The third-order valence-electron chi connectivity index (χ3n) is 4.42. The second-order valence-electron chi connectivity index (χ2n) is 6.60. The normalized spacial score (nSPS) is 12.2. The van der Waals surface area contributed by atoms with Gasteiger partial charge in [-0.1, -0.05) is 23.7 Å². The van der Waals surface area contributed by atoms with Crippen LogP contribution in [0.15, 0.2) is 53.5 Å². The SMILES string of the molecule is CN(C)[C@@H](CNc1cnn(-c2ccc(F)cc2F)c(=O)c1Cl)c1ccc(F)cc1. The van der Waals surface area contributed by atoms with Crippen LogP contribution in [0.3, 0.4) is 0 Å². The summed E-state index contributed by atoms with van der Waals surface area (Å²) in [4.78, 5) is 14.5. The first-order chi connectivity index (χ1) is 13.8. The summed E-state index contributed by atoms with van der Waals surface area (Å²) < 4.78 is 41.0. The molecular formula is C20H18ClF3N4O. The van der Waals surface area contributed by atoms with Crippen molar-refractivity contribution < 1.29 is 13.2 Å². The smallest absolute Gasteiger partial charge is 0.292 e. The van der Waals surface area contributed by atoms with Crippen LogP contribution in [0, 0.1) is 17.5 Å². The van der Waals surface area contributed by atoms with Gasteiger partial charge in [0.1, 0.15) is 22.3 Å². The Labute approximate surface area is 170 Å². The van der Waals surface area contributed by atoms with Crippen LogP contribution in [0.5, 0.6) is 0 Å². The van der Waals surface area contributed by atoms with E-state index in [4.69, 9.17) is 11.6 Å². The van der Waals surface area contributed by atoms with Gasteiger partial charge < -0.3 is 10.2 Å². The molecule has 29 heavy (non-hydrogen) atoms. The van der Waals surface area contributed by atoms with Crippen molar-refractivity contribution in [2.75, 3.05) is 26.0 Å². The van der Waals surface area contributed by atoms with Crippen LogP contribution in [0.25, 0.3) is 5.69 Å². The number of benzene rings is 2. The molecule has 5 nitrogen and oxygen atoms in total. The molecule has 0 saturated carbocycles. The fourth-order valence-corrected chi connectivity index (χ4v) is 3.07. The van der Waals surface area contributed by atoms with Gasteiger partial charge in [0.05, 0.1) is 17.9 Å². The maximum atomic E-state index is 14.0. The Morgan fingerprint density at radius 2 is 1.76 bits per heavy atom. The molecule has 3 aromatic rings. The van der Waals surface area contributed by atoms with E-state index < -0.39 is 17.2 Å². The average molecular weight is 423 g/mol. The van der Waals surface area contributed by atoms with Gasteiger partial charge in [-0.25, -0.2) is 13.2 Å². The number of halogens is 4. The lowest BCUT2D eigenvalue weighted by molar-refractivity contribution is 0.311. The van der Waals surface area contributed by atoms with Gasteiger partial charge in [0.2, 0.25) is 0 Å². The van der Waals surface area contributed by atoms with Crippen molar-refractivity contribution >= 4 is 17.3 Å². The maximum Gasteiger partial charge on any atom is 0.292 e. The highest BCUT2D eigenvalue weighted by atomic mass is 35.5. The number of anilines is 1. The van der Waals surface area contributed by atoms with Gasteiger partial charge in [-0.2, -0.15) is 9.78 Å². The van der Waals surface area contributed by atoms with Crippen molar-refractivity contribution in [3.05, 3.63) is 87.1 Å². The third kappa shape index (κ3) is 4.60. The molecule has 0 aliphatic heterocycles. The molecule has 1 heterocycles. The summed E-state index contributed by atoms with van der Waals surface area (Å²) >= 11 is 6.17. The van der Waals surface area contributed by atoms with Crippen molar-refractivity contribution in [1.29, 1.82) is 0 Å². The largest absolute Gasteiger partial charge is 0.380 e. The van der Waals surface area contributed by atoms with Gasteiger partial charge in [-0.05, 0) is 43.9 Å². The number of likely N-dealkylation sites (N-methyl/N-ethyl adjacent to an activating group) is 1. The van der Waals surface area contributed by atoms with Crippen molar-refractivity contribution in [3.8, 4) is 5.69 Å². The number of aromatic nitrogens is 2. The van der Waals surface area contributed by atoms with E-state index >= 15 is 0 Å². The molecule has 0 aliphatic carbocycles. The van der Waals surface area contributed by atoms with Gasteiger partial charge in [-0.15, -0.1) is 0 Å². The Hall–Kier alpha value is -2.84. The molecule has 152 valence electrons. The molecule has 1 N–H and O–H groups in total. The maximum absolute atomic E-state index is 14.0. The summed E-state index contributed by atoms with van der Waals surface area (Å²) in [5.41, 5.74) is 0.187. The van der Waals surface area contributed by atoms with Crippen molar-refractivity contribution in [2.45, 2.75) is 6.04 Å². The Bertz CT molecular complexity index is 1070. The van der Waals surface area contributed by atoms with Gasteiger partial charge in [0, 0.05) is 12.6 Å². The van der Waals surface area contributed by atoms with E-state index in [1.54, 1.807) is 12.1 Å². The molecule has 0 aliphatic rings. The molecule has 0 radical (unpaired) electrons. The highest BCUT2D eigenvalue weighted by molar-refractivity contribution is 6.32. The van der Waals surface area contributed by atoms with Crippen molar-refractivity contribution in [2.24, 2.45) is 0 Å². The number of hydrogen-bond acceptors (Lipinski definition) is 4. The third-order valence-corrected chi connectivity index (χ3v) is 4.79. The van der Waals surface area contributed by atoms with Crippen LogP contribution in [0.2, 0.25) is 5.02 Å². The number of nitrogens with zero attached hydrogens (tertiary/aromatic N) is 3. The summed E-state index contributed by atoms with van der Waals surface area (Å²) in [6, 6.07) is 8.76. The molecule has 3 rings (SSSR count). The van der Waals surface area contributed by atoms with E-state index in [9.17, 15) is 18.0 Å². The number of rotatable bonds is 6. The van der Waals surface area contributed by atoms with Crippen LogP contribution in [-0.4, -0.2) is 35.3 Å². The van der Waals surface area contributed by atoms with E-state index in [2.05, 4.69) is 10.4 Å². The Kier molecular flexibility index (Phi) is 6.24. The van der Waals surface area contributed by atoms with E-state index in [0.717, 1.165) is 22.4 Å². The second-order valence-corrected chi connectivity index (χ2v) is 6.97. The van der Waals surface area contributed by atoms with Gasteiger partial charge in [-0.3, -0.25) is 4.79 Å². The van der Waals surface area contributed by atoms with Gasteiger partial charge in [0.25, 0.3) is 5.56 Å². The van der Waals surface area contributed by atoms with E-state index in [1.807, 2.05) is 19.0 Å². The first-order valence-electron chi connectivity index (χ1n) is 8.67. The second kappa shape index (κ2) is 8.67. The lowest BCUT2D eigenvalue weighted by atomic mass is 10.1. The van der Waals surface area contributed by atoms with E-state index in [-0.39, 0.29) is 28.3 Å². The van der Waals surface area contributed by atoms with Crippen LogP contribution in [0.1, 0.15) is 11.6 Å². The predicted molar refractivity (Wildman–Crippen MR) is 106 cm³/mol. The van der Waals surface area contributed by atoms with Crippen molar-refractivity contribution in [1.82, 2.24) is 14.7 Å². The molecule has 1 aromatic heterocycles. The quantitative estimate of drug-likeness (QED) is 0.652. The Morgan fingerprint density at radius 3 is 2.38 bits per heavy atom. The number of nitrogens with one attached hydrogen (secondary N) is 1. The zero-order valence-corrected chi connectivity index (χ0v) is 16.4. The first-order valence-corrected chi connectivity index (χ1v) is 9.04. The minimum atomic E-state index is -0.930. The minimum absolute atomic E-state index is 0.136. The summed E-state index contributed by atoms with van der Waals surface area (Å²) in [6.45, 7) is 0.356. The van der Waals surface area contributed by atoms with E-state index in [1.165, 1.54) is 18.3 Å². The summed E-state index contributed by atoms with van der Waals surface area (Å²) in [5, 5.41) is 6.81. The van der Waals surface area contributed by atoms with Gasteiger partial charge >= 0.3 is 0 Å². The van der Waals surface area contributed by atoms with Gasteiger partial charge in [0.15, 0.2) is 5.82 Å². The topological polar surface area (TPSA) is 50.2 Å². The lowest BCUT2D eigenvalue weighted by Gasteiger charge is -2.25. The van der Waals surface area contributed by atoms with Crippen LogP contribution >= 0.6 is 11.6 Å². The molecule has 0 fully saturated rings. The minimum Gasteiger partial charge on any atom is -0.380 e. The molecule has 0 bridgehead atoms. The molecule has 0 saturated heterocycles. The highest BCUT2D eigenvalue weighted by Crippen LogP contribution is 2.22. The summed E-state index contributed by atoms with van der Waals surface area (Å²) in [7, 11) is 3.73. The van der Waals surface area contributed by atoms with Crippen LogP contribution in [-0.2, 0) is 0 Å². The standard InChI is InChI=1S/C20H18ClF3N4O/c1-27(2)18(12-3-5-13(22)6-4-12)11-25-16-10-26-28(20(29)19(16)21)17-8-7-14(23)9-15(17)24/h3-10,18,25H,11H2,1-2H3/t18-/m0/s1. The fraction of sp³-hybridized carbons (Fsp3) is 0.200. The fourth-order valence-electron chi connectivity index (χ4n) is 2.87. The lowest BCUT2D eigenvalue weighted by Crippen LogP contribution is -2.28. The Balaban J connectivity index is 1.85. The molecule has 0 unspecified atom stereocenters. The summed E-state index contributed by atoms with van der Waals surface area (Å²) in [5.74, 6) is -2.03. The van der Waals surface area contributed by atoms with E-state index in [0.29, 0.717) is 12.6 Å².